The van der Waals surface area contributed by atoms with Crippen LogP contribution in [0.5, 0.6) is 5.75 Å². The van der Waals surface area contributed by atoms with E-state index in [2.05, 4.69) is 18.8 Å². The van der Waals surface area contributed by atoms with E-state index in [1.54, 1.807) is 6.08 Å². The fraction of sp³-hybridized carbons (Fsp3) is 0.385. The molecular formula is C26H32N2O4. The summed E-state index contributed by atoms with van der Waals surface area (Å²) in [5, 5.41) is 12.0. The van der Waals surface area contributed by atoms with Gasteiger partial charge in [0, 0.05) is 31.6 Å². The highest BCUT2D eigenvalue weighted by atomic mass is 16.5. The van der Waals surface area contributed by atoms with Crippen LogP contribution in [-0.4, -0.2) is 42.2 Å². The van der Waals surface area contributed by atoms with Crippen molar-refractivity contribution < 1.29 is 19.4 Å². The molecule has 1 aliphatic heterocycles. The Balaban J connectivity index is 1.92. The van der Waals surface area contributed by atoms with Gasteiger partial charge >= 0.3 is 0 Å². The minimum Gasteiger partial charge on any atom is -0.494 e. The van der Waals surface area contributed by atoms with Gasteiger partial charge in [0.1, 0.15) is 5.75 Å². The molecule has 1 aliphatic rings. The average molecular weight is 437 g/mol. The van der Waals surface area contributed by atoms with Gasteiger partial charge in [-0.1, -0.05) is 49.8 Å². The number of ether oxygens (including phenoxy) is 2. The van der Waals surface area contributed by atoms with Crippen molar-refractivity contribution in [1.82, 2.24) is 5.32 Å². The Morgan fingerprint density at radius 1 is 1.22 bits per heavy atom. The maximum absolute atomic E-state index is 13.4. The number of benzene rings is 2. The zero-order valence-electron chi connectivity index (χ0n) is 18.6. The lowest BCUT2D eigenvalue weighted by Gasteiger charge is -2.29. The summed E-state index contributed by atoms with van der Waals surface area (Å²) >= 11 is 0. The Labute approximate surface area is 190 Å². The number of carbonyl (C=O) groups excluding carboxylic acids is 1. The van der Waals surface area contributed by atoms with Crippen molar-refractivity contribution in [3.63, 3.8) is 0 Å². The lowest BCUT2D eigenvalue weighted by Crippen LogP contribution is -2.48. The summed E-state index contributed by atoms with van der Waals surface area (Å²) in [5.74, 6) is 0.974. The minimum atomic E-state index is -1.12. The molecule has 0 fully saturated rings. The molecule has 0 radical (unpaired) electrons. The predicted octanol–water partition coefficient (Wildman–Crippen LogP) is 4.20. The lowest BCUT2D eigenvalue weighted by atomic mass is 9.84. The van der Waals surface area contributed by atoms with Gasteiger partial charge in [0.05, 0.1) is 6.61 Å². The molecule has 2 N–H and O–H groups in total. The predicted molar refractivity (Wildman–Crippen MR) is 126 cm³/mol. The summed E-state index contributed by atoms with van der Waals surface area (Å²) in [6, 6.07) is 17.1. The van der Waals surface area contributed by atoms with E-state index in [1.165, 1.54) is 0 Å². The van der Waals surface area contributed by atoms with Gasteiger partial charge in [0.25, 0.3) is 5.91 Å². The molecule has 0 bridgehead atoms. The summed E-state index contributed by atoms with van der Waals surface area (Å²) in [7, 11) is 0. The number of amides is 1. The third-order valence-electron chi connectivity index (χ3n) is 5.40. The first kappa shape index (κ1) is 23.5. The van der Waals surface area contributed by atoms with Crippen molar-refractivity contribution in [2.24, 2.45) is 4.99 Å². The smallest absolute Gasteiger partial charge is 0.252 e. The fourth-order valence-corrected chi connectivity index (χ4v) is 3.69. The summed E-state index contributed by atoms with van der Waals surface area (Å²) in [6.45, 7) is 7.11. The van der Waals surface area contributed by atoms with Gasteiger partial charge in [0.15, 0.2) is 11.6 Å². The van der Waals surface area contributed by atoms with Crippen LogP contribution in [0.1, 0.15) is 49.8 Å². The summed E-state index contributed by atoms with van der Waals surface area (Å²) in [6.07, 6.45) is 4.00. The molecule has 170 valence electrons. The average Bonchev–Trinajstić information content (AvgIpc) is 3.21. The number of aliphatic hydroxyl groups is 1. The molecule has 2 aromatic carbocycles. The van der Waals surface area contributed by atoms with E-state index in [0.717, 1.165) is 24.0 Å². The largest absolute Gasteiger partial charge is 0.494 e. The minimum absolute atomic E-state index is 0.0926. The van der Waals surface area contributed by atoms with E-state index in [4.69, 9.17) is 19.6 Å². The van der Waals surface area contributed by atoms with Gasteiger partial charge in [0.2, 0.25) is 5.90 Å². The van der Waals surface area contributed by atoms with Crippen LogP contribution in [0, 0.1) is 0 Å². The number of carbonyl (C=O) groups is 1. The molecule has 3 rings (SSSR count). The fourth-order valence-electron chi connectivity index (χ4n) is 3.69. The maximum atomic E-state index is 13.4. The molecule has 32 heavy (non-hydrogen) atoms. The number of nitrogens with one attached hydrogen (secondary N) is 1. The first-order valence-corrected chi connectivity index (χ1v) is 11.2. The van der Waals surface area contributed by atoms with E-state index < -0.39 is 11.6 Å². The molecular weight excluding hydrogens is 404 g/mol. The molecule has 1 amide bonds. The molecule has 0 saturated carbocycles. The zero-order valence-corrected chi connectivity index (χ0v) is 18.6. The zero-order chi connectivity index (χ0) is 22.8. The Kier molecular flexibility index (Phi) is 8.45. The highest BCUT2D eigenvalue weighted by Crippen LogP contribution is 2.42. The van der Waals surface area contributed by atoms with Gasteiger partial charge < -0.3 is 19.9 Å². The Morgan fingerprint density at radius 2 is 1.97 bits per heavy atom. The van der Waals surface area contributed by atoms with Crippen molar-refractivity contribution in [3.8, 4) is 5.75 Å². The second-order valence-corrected chi connectivity index (χ2v) is 7.80. The maximum Gasteiger partial charge on any atom is 0.252 e. The Bertz CT molecular complexity index is 911. The third kappa shape index (κ3) is 5.37. The molecule has 6 nitrogen and oxygen atoms in total. The van der Waals surface area contributed by atoms with Crippen molar-refractivity contribution in [2.75, 3.05) is 19.8 Å². The number of aliphatic imine (C=N–C) groups is 1. The van der Waals surface area contributed by atoms with Crippen LogP contribution < -0.4 is 10.1 Å². The van der Waals surface area contributed by atoms with Crippen LogP contribution in [-0.2, 0) is 9.53 Å². The number of unbranched alkanes of at least 4 members (excludes halogenated alkanes) is 1. The second kappa shape index (κ2) is 11.5. The van der Waals surface area contributed by atoms with Crippen LogP contribution >= 0.6 is 0 Å². The third-order valence-corrected chi connectivity index (χ3v) is 5.40. The normalized spacial score (nSPS) is 19.7. The number of hydrogen-bond donors (Lipinski definition) is 2. The van der Waals surface area contributed by atoms with Gasteiger partial charge in [-0.3, -0.25) is 4.79 Å². The van der Waals surface area contributed by atoms with Gasteiger partial charge in [-0.05, 0) is 36.2 Å². The molecule has 1 heterocycles. The van der Waals surface area contributed by atoms with E-state index in [0.29, 0.717) is 37.6 Å². The van der Waals surface area contributed by atoms with Crippen LogP contribution in [0.15, 0.2) is 72.2 Å². The number of rotatable bonds is 12. The molecule has 2 aromatic rings. The number of aliphatic hydroxyl groups excluding tert-OH is 1. The summed E-state index contributed by atoms with van der Waals surface area (Å²) in [5.41, 5.74) is 0.540. The van der Waals surface area contributed by atoms with E-state index in [-0.39, 0.29) is 12.5 Å². The van der Waals surface area contributed by atoms with Crippen LogP contribution in [0.3, 0.4) is 0 Å². The van der Waals surface area contributed by atoms with Crippen molar-refractivity contribution in [2.45, 2.75) is 44.2 Å². The number of nitrogens with zero attached hydrogens (tertiary/aromatic N) is 1. The SMILES string of the molecule is C=CC[C@@]1(C(=O)NCCCC)N=C(c2ccc(OCCCO)cc2)O[C@@H]1c1ccccc1. The summed E-state index contributed by atoms with van der Waals surface area (Å²) in [4.78, 5) is 18.3. The highest BCUT2D eigenvalue weighted by Gasteiger charge is 2.52. The molecule has 0 saturated heterocycles. The topological polar surface area (TPSA) is 80.2 Å². The first-order valence-electron chi connectivity index (χ1n) is 11.2. The molecule has 0 aromatic heterocycles. The van der Waals surface area contributed by atoms with Crippen molar-refractivity contribution >= 4 is 11.8 Å². The van der Waals surface area contributed by atoms with E-state index in [9.17, 15) is 4.79 Å². The lowest BCUT2D eigenvalue weighted by molar-refractivity contribution is -0.128. The van der Waals surface area contributed by atoms with Crippen molar-refractivity contribution in [1.29, 1.82) is 0 Å². The Morgan fingerprint density at radius 3 is 2.62 bits per heavy atom. The quantitative estimate of drug-likeness (QED) is 0.386. The molecule has 6 heteroatoms. The van der Waals surface area contributed by atoms with Crippen LogP contribution in [0.25, 0.3) is 0 Å². The van der Waals surface area contributed by atoms with Crippen LogP contribution in [0.2, 0.25) is 0 Å². The van der Waals surface area contributed by atoms with Gasteiger partial charge in [-0.15, -0.1) is 6.58 Å². The first-order chi connectivity index (χ1) is 15.6. The summed E-state index contributed by atoms with van der Waals surface area (Å²) < 4.78 is 11.9. The van der Waals surface area contributed by atoms with E-state index in [1.807, 2.05) is 54.6 Å². The highest BCUT2D eigenvalue weighted by molar-refractivity contribution is 6.01. The molecule has 2 atom stereocenters. The van der Waals surface area contributed by atoms with Crippen LogP contribution in [0.4, 0.5) is 0 Å². The molecule has 0 spiro atoms. The number of hydrogen-bond acceptors (Lipinski definition) is 5. The molecule has 0 unspecified atom stereocenters. The standard InChI is InChI=1S/C26H32N2O4/c1-3-5-17-27-25(30)26(16-4-2)23(20-10-7-6-8-11-20)32-24(28-26)21-12-14-22(15-13-21)31-19-9-18-29/h4,6-8,10-15,23,29H,2-3,5,9,16-19H2,1H3,(H,27,30)/t23-,26-/m1/s1. The van der Waals surface area contributed by atoms with Gasteiger partial charge in [-0.2, -0.15) is 0 Å². The van der Waals surface area contributed by atoms with E-state index >= 15 is 0 Å². The Hall–Kier alpha value is -3.12. The second-order valence-electron chi connectivity index (χ2n) is 7.80. The monoisotopic (exact) mass is 436 g/mol. The van der Waals surface area contributed by atoms with Crippen molar-refractivity contribution in [3.05, 3.63) is 78.4 Å². The molecule has 0 aliphatic carbocycles. The van der Waals surface area contributed by atoms with Gasteiger partial charge in [-0.25, -0.2) is 4.99 Å².